The predicted octanol–water partition coefficient (Wildman–Crippen LogP) is 2.83. The molecule has 1 fully saturated rings. The van der Waals surface area contributed by atoms with Crippen LogP contribution in [0.15, 0.2) is 36.5 Å². The highest BCUT2D eigenvalue weighted by Gasteiger charge is 2.37. The molecule has 0 bridgehead atoms. The summed E-state index contributed by atoms with van der Waals surface area (Å²) in [6, 6.07) is 9.31. The number of carbonyl (C=O) groups is 2. The maximum Gasteiger partial charge on any atom is 0.312 e. The van der Waals surface area contributed by atoms with Crippen LogP contribution in [-0.2, 0) is 4.79 Å². The molecule has 1 unspecified atom stereocenters. The third kappa shape index (κ3) is 2.38. The topological polar surface area (TPSA) is 75.4 Å². The average Bonchev–Trinajstić information content (AvgIpc) is 3.32. The summed E-state index contributed by atoms with van der Waals surface area (Å²) in [5, 5.41) is 13.9. The number of hydrogen-bond donors (Lipinski definition) is 1. The second kappa shape index (κ2) is 5.78. The Hall–Kier alpha value is -2.63. The summed E-state index contributed by atoms with van der Waals surface area (Å²) in [6.45, 7) is 0.157. The van der Waals surface area contributed by atoms with Gasteiger partial charge in [-0.15, -0.1) is 0 Å². The van der Waals surface area contributed by atoms with Crippen LogP contribution in [0.2, 0.25) is 0 Å². The monoisotopic (exact) mass is 325 g/mol. The molecule has 4 rings (SSSR count). The molecule has 2 aromatic rings. The smallest absolute Gasteiger partial charge is 0.312 e. The molecule has 1 aromatic heterocycles. The van der Waals surface area contributed by atoms with Gasteiger partial charge in [0.1, 0.15) is 5.92 Å². The van der Waals surface area contributed by atoms with Crippen molar-refractivity contribution in [3.8, 4) is 0 Å². The summed E-state index contributed by atoms with van der Waals surface area (Å²) in [5.74, 6) is -1.82. The summed E-state index contributed by atoms with van der Waals surface area (Å²) >= 11 is 0. The number of aliphatic carboxylic acids is 1. The number of carbonyl (C=O) groups excluding carboxylic acids is 1. The summed E-state index contributed by atoms with van der Waals surface area (Å²) in [5.41, 5.74) is 1.74. The lowest BCUT2D eigenvalue weighted by Gasteiger charge is -2.16. The van der Waals surface area contributed by atoms with Crippen molar-refractivity contribution in [2.24, 2.45) is 0 Å². The summed E-state index contributed by atoms with van der Waals surface area (Å²) < 4.78 is 1.89. The minimum atomic E-state index is -0.908. The van der Waals surface area contributed by atoms with E-state index in [9.17, 15) is 14.7 Å². The van der Waals surface area contributed by atoms with E-state index in [1.54, 1.807) is 24.3 Å². The van der Waals surface area contributed by atoms with Crippen molar-refractivity contribution in [1.29, 1.82) is 0 Å². The van der Waals surface area contributed by atoms with Crippen LogP contribution in [0.3, 0.4) is 0 Å². The Morgan fingerprint density at radius 3 is 2.62 bits per heavy atom. The number of nitrogens with zero attached hydrogens (tertiary/aromatic N) is 3. The quantitative estimate of drug-likeness (QED) is 0.941. The molecule has 6 heteroatoms. The highest BCUT2D eigenvalue weighted by molar-refractivity contribution is 6.07. The lowest BCUT2D eigenvalue weighted by Crippen LogP contribution is -2.31. The maximum atomic E-state index is 12.9. The highest BCUT2D eigenvalue weighted by atomic mass is 16.4. The lowest BCUT2D eigenvalue weighted by molar-refractivity contribution is -0.138. The van der Waals surface area contributed by atoms with Gasteiger partial charge in [-0.25, -0.2) is 0 Å². The van der Waals surface area contributed by atoms with E-state index >= 15 is 0 Å². The number of carboxylic acid groups (broad SMARTS) is 1. The SMILES string of the molecule is O=C(O)C1CN(C(=O)c2ccn(C3CCCC3)n2)c2ccccc21. The second-order valence-corrected chi connectivity index (χ2v) is 6.48. The molecule has 1 N–H and O–H groups in total. The summed E-state index contributed by atoms with van der Waals surface area (Å²) in [7, 11) is 0. The number of carboxylic acids is 1. The van der Waals surface area contributed by atoms with E-state index in [0.29, 0.717) is 23.0 Å². The van der Waals surface area contributed by atoms with Crippen LogP contribution in [0.1, 0.15) is 53.7 Å². The zero-order valence-electron chi connectivity index (χ0n) is 13.3. The zero-order chi connectivity index (χ0) is 16.7. The first-order valence-electron chi connectivity index (χ1n) is 8.34. The first-order chi connectivity index (χ1) is 11.6. The highest BCUT2D eigenvalue weighted by Crippen LogP contribution is 2.37. The summed E-state index contributed by atoms with van der Waals surface area (Å²) in [6.07, 6.45) is 6.47. The third-order valence-electron chi connectivity index (χ3n) is 5.04. The van der Waals surface area contributed by atoms with Crippen molar-refractivity contribution in [2.75, 3.05) is 11.4 Å². The van der Waals surface area contributed by atoms with Gasteiger partial charge >= 0.3 is 5.97 Å². The van der Waals surface area contributed by atoms with Crippen molar-refractivity contribution in [2.45, 2.75) is 37.6 Å². The molecule has 0 spiro atoms. The fourth-order valence-electron chi connectivity index (χ4n) is 3.77. The fraction of sp³-hybridized carbons (Fsp3) is 0.389. The molecule has 1 aliphatic heterocycles. The molecule has 0 saturated heterocycles. The standard InChI is InChI=1S/C18H19N3O3/c22-17(15-9-10-21(19-15)12-5-1-2-6-12)20-11-14(18(23)24)13-7-3-4-8-16(13)20/h3-4,7-10,12,14H,1-2,5-6,11H2,(H,23,24). The molecule has 1 atom stereocenters. The van der Waals surface area contributed by atoms with E-state index in [0.717, 1.165) is 12.8 Å². The minimum Gasteiger partial charge on any atom is -0.481 e. The van der Waals surface area contributed by atoms with Gasteiger partial charge in [-0.3, -0.25) is 14.3 Å². The molecule has 24 heavy (non-hydrogen) atoms. The normalized spacial score (nSPS) is 20.3. The van der Waals surface area contributed by atoms with Crippen LogP contribution in [0.25, 0.3) is 0 Å². The largest absolute Gasteiger partial charge is 0.481 e. The van der Waals surface area contributed by atoms with Crippen LogP contribution < -0.4 is 4.90 Å². The van der Waals surface area contributed by atoms with Crippen molar-refractivity contribution in [1.82, 2.24) is 9.78 Å². The Bertz CT molecular complexity index is 792. The van der Waals surface area contributed by atoms with Crippen LogP contribution >= 0.6 is 0 Å². The fourth-order valence-corrected chi connectivity index (χ4v) is 3.77. The van der Waals surface area contributed by atoms with Crippen LogP contribution in [-0.4, -0.2) is 33.3 Å². The first kappa shape index (κ1) is 14.9. The molecule has 2 aliphatic rings. The first-order valence-corrected chi connectivity index (χ1v) is 8.34. The van der Waals surface area contributed by atoms with E-state index < -0.39 is 11.9 Å². The molecule has 1 saturated carbocycles. The number of fused-ring (bicyclic) bond motifs is 1. The van der Waals surface area contributed by atoms with Crippen molar-refractivity contribution < 1.29 is 14.7 Å². The van der Waals surface area contributed by atoms with E-state index in [4.69, 9.17) is 0 Å². The molecule has 2 heterocycles. The van der Waals surface area contributed by atoms with E-state index in [1.807, 2.05) is 16.9 Å². The molecule has 1 aromatic carbocycles. The van der Waals surface area contributed by atoms with Crippen LogP contribution in [0.4, 0.5) is 5.69 Å². The Labute approximate surface area is 139 Å². The average molecular weight is 325 g/mol. The number of rotatable bonds is 3. The number of para-hydroxylation sites is 1. The van der Waals surface area contributed by atoms with Gasteiger partial charge in [0.15, 0.2) is 5.69 Å². The zero-order valence-corrected chi connectivity index (χ0v) is 13.3. The van der Waals surface area contributed by atoms with E-state index in [1.165, 1.54) is 17.7 Å². The van der Waals surface area contributed by atoms with Gasteiger partial charge in [-0.05, 0) is 30.5 Å². The Morgan fingerprint density at radius 1 is 1.12 bits per heavy atom. The van der Waals surface area contributed by atoms with Gasteiger partial charge in [-0.1, -0.05) is 31.0 Å². The van der Waals surface area contributed by atoms with E-state index in [-0.39, 0.29) is 12.5 Å². The number of benzene rings is 1. The lowest BCUT2D eigenvalue weighted by atomic mass is 10.0. The van der Waals surface area contributed by atoms with Gasteiger partial charge in [0.2, 0.25) is 0 Å². The van der Waals surface area contributed by atoms with Gasteiger partial charge in [0, 0.05) is 18.4 Å². The van der Waals surface area contributed by atoms with Crippen LogP contribution in [0.5, 0.6) is 0 Å². The Kier molecular flexibility index (Phi) is 3.59. The number of anilines is 1. The van der Waals surface area contributed by atoms with E-state index in [2.05, 4.69) is 5.10 Å². The predicted molar refractivity (Wildman–Crippen MR) is 88.2 cm³/mol. The van der Waals surface area contributed by atoms with Gasteiger partial charge < -0.3 is 10.0 Å². The molecule has 124 valence electrons. The van der Waals surface area contributed by atoms with Crippen molar-refractivity contribution in [3.63, 3.8) is 0 Å². The Morgan fingerprint density at radius 2 is 1.88 bits per heavy atom. The molecule has 0 radical (unpaired) electrons. The van der Waals surface area contributed by atoms with Gasteiger partial charge in [0.25, 0.3) is 5.91 Å². The Balaban J connectivity index is 1.62. The maximum absolute atomic E-state index is 12.9. The van der Waals surface area contributed by atoms with Gasteiger partial charge in [-0.2, -0.15) is 5.10 Å². The molecule has 1 amide bonds. The van der Waals surface area contributed by atoms with Crippen LogP contribution in [0, 0.1) is 0 Å². The third-order valence-corrected chi connectivity index (χ3v) is 5.04. The minimum absolute atomic E-state index is 0.157. The molecular weight excluding hydrogens is 306 g/mol. The number of hydrogen-bond acceptors (Lipinski definition) is 3. The molecular formula is C18H19N3O3. The van der Waals surface area contributed by atoms with Crippen molar-refractivity contribution >= 4 is 17.6 Å². The molecule has 1 aliphatic carbocycles. The van der Waals surface area contributed by atoms with Gasteiger partial charge in [0.05, 0.1) is 6.04 Å². The number of aromatic nitrogens is 2. The second-order valence-electron chi connectivity index (χ2n) is 6.48. The number of amides is 1. The molecule has 6 nitrogen and oxygen atoms in total. The van der Waals surface area contributed by atoms with Crippen molar-refractivity contribution in [3.05, 3.63) is 47.8 Å². The summed E-state index contributed by atoms with van der Waals surface area (Å²) in [4.78, 5) is 25.9.